The third-order valence-electron chi connectivity index (χ3n) is 3.09. The summed E-state index contributed by atoms with van der Waals surface area (Å²) in [4.78, 5) is 1.99. The SMILES string of the molecule is BN1N=CC(C)(C(C)C)C=CC1C. The average molecular weight is 178 g/mol. The Balaban J connectivity index is 2.92. The van der Waals surface area contributed by atoms with Crippen LogP contribution >= 0.6 is 0 Å². The van der Waals surface area contributed by atoms with Crippen molar-refractivity contribution >= 4 is 14.2 Å². The van der Waals surface area contributed by atoms with Crippen LogP contribution in [-0.4, -0.2) is 25.2 Å². The maximum Gasteiger partial charge on any atom is 0.242 e. The van der Waals surface area contributed by atoms with Crippen molar-refractivity contribution in [2.75, 3.05) is 0 Å². The molecule has 0 aliphatic carbocycles. The molecule has 0 aromatic heterocycles. The van der Waals surface area contributed by atoms with Crippen molar-refractivity contribution in [3.8, 4) is 0 Å². The molecule has 0 amide bonds. The third-order valence-corrected chi connectivity index (χ3v) is 3.09. The highest BCUT2D eigenvalue weighted by Crippen LogP contribution is 2.28. The summed E-state index contributed by atoms with van der Waals surface area (Å²) in [5.74, 6) is 0.589. The Morgan fingerprint density at radius 3 is 2.69 bits per heavy atom. The summed E-state index contributed by atoms with van der Waals surface area (Å²) in [5, 5.41) is 4.42. The Bertz CT molecular complexity index is 215. The maximum absolute atomic E-state index is 4.42. The third kappa shape index (κ3) is 2.14. The van der Waals surface area contributed by atoms with Crippen LogP contribution in [0.2, 0.25) is 0 Å². The largest absolute Gasteiger partial charge is 0.343 e. The zero-order chi connectivity index (χ0) is 10.1. The van der Waals surface area contributed by atoms with Crippen molar-refractivity contribution in [3.63, 3.8) is 0 Å². The quantitative estimate of drug-likeness (QED) is 0.438. The Morgan fingerprint density at radius 1 is 1.54 bits per heavy atom. The van der Waals surface area contributed by atoms with Crippen molar-refractivity contribution in [3.05, 3.63) is 12.2 Å². The van der Waals surface area contributed by atoms with E-state index in [1.807, 2.05) is 12.9 Å². The van der Waals surface area contributed by atoms with E-state index in [1.54, 1.807) is 0 Å². The number of allylic oxidation sites excluding steroid dienone is 1. The van der Waals surface area contributed by atoms with Crippen LogP contribution in [0.15, 0.2) is 17.3 Å². The Hall–Kier alpha value is -0.725. The zero-order valence-electron chi connectivity index (χ0n) is 9.28. The van der Waals surface area contributed by atoms with E-state index in [0.717, 1.165) is 0 Å². The van der Waals surface area contributed by atoms with E-state index in [9.17, 15) is 0 Å². The Kier molecular flexibility index (Phi) is 2.84. The van der Waals surface area contributed by atoms with Crippen LogP contribution in [0.5, 0.6) is 0 Å². The van der Waals surface area contributed by atoms with Gasteiger partial charge in [-0.05, 0) is 12.8 Å². The second-order valence-corrected chi connectivity index (χ2v) is 4.44. The van der Waals surface area contributed by atoms with Crippen LogP contribution in [0.4, 0.5) is 0 Å². The molecule has 72 valence electrons. The fourth-order valence-corrected chi connectivity index (χ4v) is 1.18. The molecule has 2 nitrogen and oxygen atoms in total. The minimum atomic E-state index is 0.110. The molecular weight excluding hydrogens is 159 g/mol. The van der Waals surface area contributed by atoms with E-state index < -0.39 is 0 Å². The van der Waals surface area contributed by atoms with Gasteiger partial charge in [0.2, 0.25) is 7.98 Å². The molecule has 0 saturated heterocycles. The summed E-state index contributed by atoms with van der Waals surface area (Å²) in [6, 6.07) is 0.400. The molecule has 1 aliphatic heterocycles. The first kappa shape index (κ1) is 10.4. The normalized spacial score (nSPS) is 33.9. The predicted molar refractivity (Wildman–Crippen MR) is 60.4 cm³/mol. The van der Waals surface area contributed by atoms with Crippen molar-refractivity contribution < 1.29 is 0 Å². The van der Waals surface area contributed by atoms with Crippen LogP contribution < -0.4 is 0 Å². The monoisotopic (exact) mass is 178 g/mol. The van der Waals surface area contributed by atoms with Crippen LogP contribution in [-0.2, 0) is 0 Å². The van der Waals surface area contributed by atoms with Crippen LogP contribution in [0.1, 0.15) is 27.7 Å². The standard InChI is InChI=1S/C10H19BN2/c1-8(2)10(4)6-5-9(3)13(11)12-7-10/h5-9H,11H2,1-4H3. The van der Waals surface area contributed by atoms with Gasteiger partial charge < -0.3 is 4.92 Å². The van der Waals surface area contributed by atoms with Gasteiger partial charge in [0.05, 0.1) is 0 Å². The number of rotatable bonds is 1. The summed E-state index contributed by atoms with van der Waals surface area (Å²) in [6.45, 7) is 8.84. The van der Waals surface area contributed by atoms with Gasteiger partial charge in [-0.1, -0.05) is 32.9 Å². The van der Waals surface area contributed by atoms with Crippen molar-refractivity contribution in [1.82, 2.24) is 4.92 Å². The molecule has 0 saturated carbocycles. The van der Waals surface area contributed by atoms with Crippen molar-refractivity contribution in [2.24, 2.45) is 16.4 Å². The molecule has 0 bridgehead atoms. The van der Waals surface area contributed by atoms with Crippen molar-refractivity contribution in [1.29, 1.82) is 0 Å². The average Bonchev–Trinajstić information content (AvgIpc) is 2.20. The molecule has 0 N–H and O–H groups in total. The fraction of sp³-hybridized carbons (Fsp3) is 0.700. The predicted octanol–water partition coefficient (Wildman–Crippen LogP) is 1.44. The lowest BCUT2D eigenvalue weighted by molar-refractivity contribution is 0.417. The van der Waals surface area contributed by atoms with E-state index in [0.29, 0.717) is 12.0 Å². The van der Waals surface area contributed by atoms with Gasteiger partial charge in [-0.3, -0.25) is 0 Å². The highest BCUT2D eigenvalue weighted by Gasteiger charge is 2.25. The number of hydrogen-bond acceptors (Lipinski definition) is 2. The number of hydrazone groups is 1. The highest BCUT2D eigenvalue weighted by atomic mass is 15.4. The molecule has 1 aliphatic rings. The molecule has 0 fully saturated rings. The minimum absolute atomic E-state index is 0.110. The summed E-state index contributed by atoms with van der Waals surface area (Å²) in [7, 11) is 2.01. The van der Waals surface area contributed by atoms with Gasteiger partial charge in [0, 0.05) is 17.7 Å². The molecule has 13 heavy (non-hydrogen) atoms. The molecule has 0 aromatic rings. The molecular formula is C10H19BN2. The smallest absolute Gasteiger partial charge is 0.242 e. The highest BCUT2D eigenvalue weighted by molar-refractivity contribution is 6.04. The van der Waals surface area contributed by atoms with E-state index >= 15 is 0 Å². The number of nitrogens with zero attached hydrogens (tertiary/aromatic N) is 2. The van der Waals surface area contributed by atoms with E-state index in [1.165, 1.54) is 0 Å². The molecule has 2 atom stereocenters. The molecule has 3 heteroatoms. The summed E-state index contributed by atoms with van der Waals surface area (Å²) in [6.07, 6.45) is 6.56. The van der Waals surface area contributed by atoms with Gasteiger partial charge in [-0.25, -0.2) is 5.10 Å². The summed E-state index contributed by atoms with van der Waals surface area (Å²) in [5.41, 5.74) is 0.110. The lowest BCUT2D eigenvalue weighted by Gasteiger charge is -2.24. The Labute approximate surface area is 82.1 Å². The lowest BCUT2D eigenvalue weighted by atomic mass is 9.80. The van der Waals surface area contributed by atoms with Gasteiger partial charge >= 0.3 is 0 Å². The van der Waals surface area contributed by atoms with Gasteiger partial charge in [-0.2, -0.15) is 0 Å². The number of hydrogen-bond donors (Lipinski definition) is 0. The zero-order valence-corrected chi connectivity index (χ0v) is 9.28. The lowest BCUT2D eigenvalue weighted by Crippen LogP contribution is -2.23. The fourth-order valence-electron chi connectivity index (χ4n) is 1.18. The van der Waals surface area contributed by atoms with Crippen LogP contribution in [0, 0.1) is 11.3 Å². The molecule has 1 rings (SSSR count). The summed E-state index contributed by atoms with van der Waals surface area (Å²) < 4.78 is 0. The van der Waals surface area contributed by atoms with Crippen LogP contribution in [0.25, 0.3) is 0 Å². The van der Waals surface area contributed by atoms with Crippen molar-refractivity contribution in [2.45, 2.75) is 33.7 Å². The molecule has 2 unspecified atom stereocenters. The minimum Gasteiger partial charge on any atom is -0.343 e. The van der Waals surface area contributed by atoms with Gasteiger partial charge in [-0.15, -0.1) is 0 Å². The second-order valence-electron chi connectivity index (χ2n) is 4.44. The van der Waals surface area contributed by atoms with Crippen LogP contribution in [0.3, 0.4) is 0 Å². The van der Waals surface area contributed by atoms with Gasteiger partial charge in [0.25, 0.3) is 0 Å². The molecule has 0 aromatic carbocycles. The van der Waals surface area contributed by atoms with E-state index in [2.05, 4.69) is 51.2 Å². The first-order valence-electron chi connectivity index (χ1n) is 4.93. The van der Waals surface area contributed by atoms with Gasteiger partial charge in [0.15, 0.2) is 0 Å². The first-order valence-corrected chi connectivity index (χ1v) is 4.93. The Morgan fingerprint density at radius 2 is 2.15 bits per heavy atom. The topological polar surface area (TPSA) is 15.6 Å². The maximum atomic E-state index is 4.42. The summed E-state index contributed by atoms with van der Waals surface area (Å²) >= 11 is 0. The van der Waals surface area contributed by atoms with Gasteiger partial charge in [0.1, 0.15) is 0 Å². The van der Waals surface area contributed by atoms with E-state index in [4.69, 9.17) is 0 Å². The molecule has 0 spiro atoms. The molecule has 0 radical (unpaired) electrons. The second kappa shape index (κ2) is 3.56. The molecule has 1 heterocycles. The van der Waals surface area contributed by atoms with E-state index in [-0.39, 0.29) is 5.41 Å². The first-order chi connectivity index (χ1) is 5.96.